The first kappa shape index (κ1) is 20.6. The van der Waals surface area contributed by atoms with Gasteiger partial charge in [-0.05, 0) is 30.5 Å². The van der Waals surface area contributed by atoms with E-state index < -0.39 is 17.2 Å². The van der Waals surface area contributed by atoms with Gasteiger partial charge in [0.15, 0.2) is 17.1 Å². The number of ether oxygens (including phenoxy) is 2. The number of hydrogen-bond donors (Lipinski definition) is 2. The summed E-state index contributed by atoms with van der Waals surface area (Å²) in [6.07, 6.45) is 0.674. The minimum Gasteiger partial charge on any atom is -0.486 e. The molecule has 1 amide bonds. The Morgan fingerprint density at radius 2 is 1.94 bits per heavy atom. The Balaban J connectivity index is 1.84. The molecule has 0 fully saturated rings. The molecule has 0 atom stereocenters. The van der Waals surface area contributed by atoms with Crippen LogP contribution in [0.1, 0.15) is 49.2 Å². The van der Waals surface area contributed by atoms with Gasteiger partial charge in [0.25, 0.3) is 11.5 Å². The number of aromatic amines is 1. The van der Waals surface area contributed by atoms with E-state index in [0.717, 1.165) is 0 Å². The number of fused-ring (bicyclic) bond motifs is 2. The molecule has 2 aromatic heterocycles. The highest BCUT2D eigenvalue weighted by atomic mass is 16.6. The van der Waals surface area contributed by atoms with Gasteiger partial charge < -0.3 is 14.8 Å². The number of nitrogens with one attached hydrogen (secondary N) is 2. The van der Waals surface area contributed by atoms with E-state index in [1.165, 1.54) is 4.57 Å². The number of aryl methyl sites for hydroxylation is 1. The van der Waals surface area contributed by atoms with Gasteiger partial charge in [0.2, 0.25) is 0 Å². The number of anilines is 1. The van der Waals surface area contributed by atoms with Crippen molar-refractivity contribution < 1.29 is 14.3 Å². The van der Waals surface area contributed by atoms with Crippen LogP contribution >= 0.6 is 0 Å². The molecule has 0 saturated carbocycles. The molecular formula is C22H24N4O5. The van der Waals surface area contributed by atoms with Crippen molar-refractivity contribution in [1.82, 2.24) is 14.5 Å². The molecule has 1 aliphatic heterocycles. The molecule has 162 valence electrons. The van der Waals surface area contributed by atoms with Gasteiger partial charge in [-0.3, -0.25) is 19.1 Å². The second-order valence-electron chi connectivity index (χ2n) is 7.67. The number of nitrogens with zero attached hydrogens (tertiary/aromatic N) is 2. The maximum absolute atomic E-state index is 13.2. The second-order valence-corrected chi connectivity index (χ2v) is 7.67. The number of H-pyrrole nitrogens is 1. The van der Waals surface area contributed by atoms with Crippen molar-refractivity contribution in [2.45, 2.75) is 39.7 Å². The molecule has 0 radical (unpaired) electrons. The Morgan fingerprint density at radius 3 is 2.65 bits per heavy atom. The van der Waals surface area contributed by atoms with E-state index in [2.05, 4.69) is 15.3 Å². The van der Waals surface area contributed by atoms with Crippen molar-refractivity contribution in [2.24, 2.45) is 0 Å². The van der Waals surface area contributed by atoms with E-state index in [-0.39, 0.29) is 22.5 Å². The summed E-state index contributed by atoms with van der Waals surface area (Å²) in [6.45, 7) is 7.08. The van der Waals surface area contributed by atoms with Gasteiger partial charge in [-0.15, -0.1) is 0 Å². The van der Waals surface area contributed by atoms with Crippen molar-refractivity contribution in [2.75, 3.05) is 18.5 Å². The predicted molar refractivity (Wildman–Crippen MR) is 116 cm³/mol. The zero-order valence-electron chi connectivity index (χ0n) is 17.7. The lowest BCUT2D eigenvalue weighted by molar-refractivity contribution is 0.102. The lowest BCUT2D eigenvalue weighted by atomic mass is 10.0. The maximum Gasteiger partial charge on any atom is 0.329 e. The van der Waals surface area contributed by atoms with Crippen LogP contribution in [-0.2, 0) is 6.54 Å². The molecule has 2 N–H and O–H groups in total. The molecule has 3 heterocycles. The van der Waals surface area contributed by atoms with Crippen molar-refractivity contribution in [3.8, 4) is 11.5 Å². The van der Waals surface area contributed by atoms with Gasteiger partial charge in [0, 0.05) is 24.0 Å². The second kappa shape index (κ2) is 8.25. The normalized spacial score (nSPS) is 12.9. The molecule has 0 saturated heterocycles. The van der Waals surface area contributed by atoms with Gasteiger partial charge in [-0.25, -0.2) is 9.78 Å². The van der Waals surface area contributed by atoms with Gasteiger partial charge in [-0.1, -0.05) is 20.8 Å². The average molecular weight is 424 g/mol. The fourth-order valence-electron chi connectivity index (χ4n) is 3.52. The van der Waals surface area contributed by atoms with E-state index in [4.69, 9.17) is 9.47 Å². The van der Waals surface area contributed by atoms with Crippen LogP contribution in [0.15, 0.2) is 33.9 Å². The number of pyridine rings is 1. The molecule has 0 spiro atoms. The van der Waals surface area contributed by atoms with Crippen LogP contribution in [-0.4, -0.2) is 33.7 Å². The zero-order chi connectivity index (χ0) is 22.1. The number of carbonyl (C=O) groups excluding carboxylic acids is 1. The molecule has 31 heavy (non-hydrogen) atoms. The monoisotopic (exact) mass is 424 g/mol. The Morgan fingerprint density at radius 1 is 1.19 bits per heavy atom. The molecule has 9 nitrogen and oxygen atoms in total. The first-order valence-corrected chi connectivity index (χ1v) is 10.3. The number of amides is 1. The van der Waals surface area contributed by atoms with Crippen LogP contribution in [0.5, 0.6) is 11.5 Å². The van der Waals surface area contributed by atoms with Crippen molar-refractivity contribution in [3.05, 3.63) is 56.4 Å². The van der Waals surface area contributed by atoms with Crippen molar-refractivity contribution in [3.63, 3.8) is 0 Å². The Kier molecular flexibility index (Phi) is 5.50. The molecule has 0 aliphatic carbocycles. The first-order chi connectivity index (χ1) is 14.9. The van der Waals surface area contributed by atoms with Crippen molar-refractivity contribution in [1.29, 1.82) is 0 Å². The molecule has 3 aromatic rings. The Bertz CT molecular complexity index is 1280. The van der Waals surface area contributed by atoms with Crippen LogP contribution in [0.25, 0.3) is 11.0 Å². The third-order valence-electron chi connectivity index (χ3n) is 5.05. The molecule has 1 aliphatic rings. The van der Waals surface area contributed by atoms with Gasteiger partial charge in [0.1, 0.15) is 13.2 Å². The summed E-state index contributed by atoms with van der Waals surface area (Å²) in [4.78, 5) is 45.1. The third kappa shape index (κ3) is 3.90. The summed E-state index contributed by atoms with van der Waals surface area (Å²) in [5.74, 6) is 0.676. The smallest absolute Gasteiger partial charge is 0.329 e. The van der Waals surface area contributed by atoms with E-state index in [0.29, 0.717) is 49.1 Å². The Hall–Kier alpha value is -3.62. The standard InChI is InChI=1S/C22H24N4O5/c1-4-7-26-19-18(21(28)25-22(26)29)14(11-15(24-19)12(2)3)20(27)23-13-5-6-16-17(10-13)31-9-8-30-16/h5-6,10-12H,4,7-9H2,1-3H3,(H,23,27)(H,25,28,29). The number of carbonyl (C=O) groups is 1. The summed E-state index contributed by atoms with van der Waals surface area (Å²) >= 11 is 0. The topological polar surface area (TPSA) is 115 Å². The Labute approximate surface area is 178 Å². The van der Waals surface area contributed by atoms with Crippen LogP contribution in [0.4, 0.5) is 5.69 Å². The first-order valence-electron chi connectivity index (χ1n) is 10.3. The third-order valence-corrected chi connectivity index (χ3v) is 5.05. The van der Waals surface area contributed by atoms with E-state index in [1.807, 2.05) is 20.8 Å². The molecular weight excluding hydrogens is 400 g/mol. The highest BCUT2D eigenvalue weighted by Gasteiger charge is 2.21. The fourth-order valence-corrected chi connectivity index (χ4v) is 3.52. The molecule has 1 aromatic carbocycles. The summed E-state index contributed by atoms with van der Waals surface area (Å²) < 4.78 is 12.5. The highest BCUT2D eigenvalue weighted by Crippen LogP contribution is 2.33. The quantitative estimate of drug-likeness (QED) is 0.651. The van der Waals surface area contributed by atoms with Crippen molar-refractivity contribution >= 4 is 22.6 Å². The zero-order valence-corrected chi connectivity index (χ0v) is 17.7. The number of hydrogen-bond acceptors (Lipinski definition) is 6. The maximum atomic E-state index is 13.2. The van der Waals surface area contributed by atoms with E-state index in [1.54, 1.807) is 24.3 Å². The largest absolute Gasteiger partial charge is 0.486 e. The average Bonchev–Trinajstić information content (AvgIpc) is 2.75. The summed E-state index contributed by atoms with van der Waals surface area (Å²) in [7, 11) is 0. The van der Waals surface area contributed by atoms with Crippen LogP contribution in [0.2, 0.25) is 0 Å². The molecule has 4 rings (SSSR count). The minimum atomic E-state index is -0.637. The number of aromatic nitrogens is 3. The summed E-state index contributed by atoms with van der Waals surface area (Å²) in [5, 5.41) is 2.91. The summed E-state index contributed by atoms with van der Waals surface area (Å²) in [5.41, 5.74) is 0.329. The van der Waals surface area contributed by atoms with Crippen LogP contribution in [0, 0.1) is 0 Å². The minimum absolute atomic E-state index is 0.00490. The number of rotatable bonds is 5. The SMILES string of the molecule is CCCn1c(=O)[nH]c(=O)c2c(C(=O)Nc3ccc4c(c3)OCCO4)cc(C(C)C)nc21. The van der Waals surface area contributed by atoms with Crippen LogP contribution < -0.4 is 26.0 Å². The number of benzene rings is 1. The van der Waals surface area contributed by atoms with Gasteiger partial charge in [-0.2, -0.15) is 0 Å². The van der Waals surface area contributed by atoms with Crippen LogP contribution in [0.3, 0.4) is 0 Å². The molecule has 9 heteroatoms. The lowest BCUT2D eigenvalue weighted by Gasteiger charge is -2.19. The van der Waals surface area contributed by atoms with Gasteiger partial charge in [0.05, 0.1) is 10.9 Å². The lowest BCUT2D eigenvalue weighted by Crippen LogP contribution is -2.32. The van der Waals surface area contributed by atoms with E-state index >= 15 is 0 Å². The molecule has 0 unspecified atom stereocenters. The molecule has 0 bridgehead atoms. The summed E-state index contributed by atoms with van der Waals surface area (Å²) in [6, 6.07) is 6.71. The predicted octanol–water partition coefficient (Wildman–Crippen LogP) is 2.64. The van der Waals surface area contributed by atoms with Gasteiger partial charge >= 0.3 is 5.69 Å². The fraction of sp³-hybridized carbons (Fsp3) is 0.364. The highest BCUT2D eigenvalue weighted by molar-refractivity contribution is 6.12. The van der Waals surface area contributed by atoms with E-state index in [9.17, 15) is 14.4 Å².